The Balaban J connectivity index is 2.40. The molecule has 0 fully saturated rings. The van der Waals surface area contributed by atoms with Crippen LogP contribution in [0.25, 0.3) is 0 Å². The number of carboxylic acid groups (broad SMARTS) is 1. The van der Waals surface area contributed by atoms with Gasteiger partial charge in [0.1, 0.15) is 0 Å². The summed E-state index contributed by atoms with van der Waals surface area (Å²) < 4.78 is 0.587. The first-order chi connectivity index (χ1) is 8.18. The number of carboxylic acids is 1. The molecular weight excluding hydrogens is 302 g/mol. The lowest BCUT2D eigenvalue weighted by Crippen LogP contribution is -1.99. The zero-order valence-electron chi connectivity index (χ0n) is 8.63. The van der Waals surface area contributed by atoms with Gasteiger partial charge in [-0.05, 0) is 40.2 Å². The number of halogens is 1. The van der Waals surface area contributed by atoms with Gasteiger partial charge in [0.05, 0.1) is 5.56 Å². The summed E-state index contributed by atoms with van der Waals surface area (Å²) in [5, 5.41) is 9.17. The number of rotatable bonds is 3. The van der Waals surface area contributed by atoms with E-state index in [4.69, 9.17) is 5.11 Å². The van der Waals surface area contributed by atoms with Crippen molar-refractivity contribution >= 4 is 33.7 Å². The summed E-state index contributed by atoms with van der Waals surface area (Å²) in [5.41, 5.74) is 0.286. The molecule has 0 aliphatic heterocycles. The van der Waals surface area contributed by atoms with Crippen LogP contribution in [0.2, 0.25) is 0 Å². The number of hydrogen-bond donors (Lipinski definition) is 1. The molecule has 86 valence electrons. The van der Waals surface area contributed by atoms with Crippen LogP contribution in [0.15, 0.2) is 57.0 Å². The van der Waals surface area contributed by atoms with Gasteiger partial charge in [-0.15, -0.1) is 0 Å². The first-order valence-corrected chi connectivity index (χ1v) is 6.39. The third-order valence-electron chi connectivity index (χ3n) is 2.07. The Kier molecular flexibility index (Phi) is 3.81. The first kappa shape index (κ1) is 12.1. The fourth-order valence-electron chi connectivity index (χ4n) is 1.33. The molecule has 3 nitrogen and oxygen atoms in total. The molecule has 0 radical (unpaired) electrons. The molecule has 2 rings (SSSR count). The fourth-order valence-corrected chi connectivity index (χ4v) is 2.95. The number of carbonyl (C=O) groups is 1. The minimum atomic E-state index is -0.936. The van der Waals surface area contributed by atoms with E-state index >= 15 is 0 Å². The van der Waals surface area contributed by atoms with Gasteiger partial charge in [0, 0.05) is 26.7 Å². The lowest BCUT2D eigenvalue weighted by atomic mass is 10.2. The molecule has 0 spiro atoms. The zero-order valence-corrected chi connectivity index (χ0v) is 11.0. The monoisotopic (exact) mass is 309 g/mol. The van der Waals surface area contributed by atoms with E-state index in [1.165, 1.54) is 11.8 Å². The topological polar surface area (TPSA) is 50.2 Å². The van der Waals surface area contributed by atoms with Crippen LogP contribution >= 0.6 is 27.7 Å². The number of hydrogen-bond acceptors (Lipinski definition) is 3. The molecule has 2 aromatic rings. The molecule has 1 heterocycles. The van der Waals surface area contributed by atoms with Crippen molar-refractivity contribution in [2.75, 3.05) is 0 Å². The maximum absolute atomic E-state index is 11.2. The number of nitrogens with zero attached hydrogens (tertiary/aromatic N) is 1. The Morgan fingerprint density at radius 2 is 1.94 bits per heavy atom. The molecular formula is C12H8BrNO2S. The Morgan fingerprint density at radius 3 is 2.59 bits per heavy atom. The van der Waals surface area contributed by atoms with Gasteiger partial charge < -0.3 is 5.11 Å². The summed E-state index contributed by atoms with van der Waals surface area (Å²) >= 11 is 4.66. The van der Waals surface area contributed by atoms with Crippen LogP contribution in [0.1, 0.15) is 10.4 Å². The van der Waals surface area contributed by atoms with E-state index in [9.17, 15) is 4.79 Å². The molecule has 0 unspecified atom stereocenters. The SMILES string of the molecule is O=C(O)c1c(Br)cccc1Sc1ccncc1. The van der Waals surface area contributed by atoms with E-state index in [0.29, 0.717) is 9.37 Å². The normalized spacial score (nSPS) is 10.2. The minimum absolute atomic E-state index is 0.286. The van der Waals surface area contributed by atoms with Gasteiger partial charge in [-0.3, -0.25) is 4.98 Å². The quantitative estimate of drug-likeness (QED) is 0.939. The van der Waals surface area contributed by atoms with Crippen LogP contribution < -0.4 is 0 Å². The van der Waals surface area contributed by atoms with Crippen LogP contribution in [0.5, 0.6) is 0 Å². The number of aromatic nitrogens is 1. The van der Waals surface area contributed by atoms with E-state index in [1.54, 1.807) is 24.5 Å². The number of benzene rings is 1. The third kappa shape index (κ3) is 2.87. The highest BCUT2D eigenvalue weighted by Crippen LogP contribution is 2.33. The third-order valence-corrected chi connectivity index (χ3v) is 3.80. The van der Waals surface area contributed by atoms with Gasteiger partial charge in [-0.2, -0.15) is 0 Å². The van der Waals surface area contributed by atoms with Crippen LogP contribution in [0.3, 0.4) is 0 Å². The molecule has 0 aliphatic rings. The molecule has 1 aromatic heterocycles. The van der Waals surface area contributed by atoms with Crippen LogP contribution in [0.4, 0.5) is 0 Å². The molecule has 0 amide bonds. The fraction of sp³-hybridized carbons (Fsp3) is 0. The van der Waals surface area contributed by atoms with E-state index in [1.807, 2.05) is 18.2 Å². The first-order valence-electron chi connectivity index (χ1n) is 4.78. The van der Waals surface area contributed by atoms with Crippen molar-refractivity contribution in [3.05, 3.63) is 52.8 Å². The van der Waals surface area contributed by atoms with Gasteiger partial charge in [-0.25, -0.2) is 4.79 Å². The highest BCUT2D eigenvalue weighted by molar-refractivity contribution is 9.10. The molecule has 1 N–H and O–H groups in total. The predicted molar refractivity (Wildman–Crippen MR) is 69.5 cm³/mol. The van der Waals surface area contributed by atoms with E-state index < -0.39 is 5.97 Å². The standard InChI is InChI=1S/C12H8BrNO2S/c13-9-2-1-3-10(11(9)12(15)16)17-8-4-6-14-7-5-8/h1-7H,(H,15,16). The number of pyridine rings is 1. The lowest BCUT2D eigenvalue weighted by molar-refractivity contribution is 0.0692. The van der Waals surface area contributed by atoms with Crippen molar-refractivity contribution in [3.8, 4) is 0 Å². The van der Waals surface area contributed by atoms with Crippen LogP contribution in [0, 0.1) is 0 Å². The second-order valence-corrected chi connectivity index (χ2v) is 5.17. The summed E-state index contributed by atoms with van der Waals surface area (Å²) in [6.45, 7) is 0. The van der Waals surface area contributed by atoms with Crippen molar-refractivity contribution in [1.82, 2.24) is 4.98 Å². The second-order valence-electron chi connectivity index (χ2n) is 3.20. The van der Waals surface area contributed by atoms with E-state index in [-0.39, 0.29) is 5.56 Å². The highest BCUT2D eigenvalue weighted by Gasteiger charge is 2.14. The molecule has 17 heavy (non-hydrogen) atoms. The zero-order chi connectivity index (χ0) is 12.3. The Hall–Kier alpha value is -1.33. The van der Waals surface area contributed by atoms with E-state index in [0.717, 1.165) is 4.90 Å². The predicted octanol–water partition coefficient (Wildman–Crippen LogP) is 3.69. The van der Waals surface area contributed by atoms with Gasteiger partial charge in [0.15, 0.2) is 0 Å². The maximum Gasteiger partial charge on any atom is 0.338 e. The molecule has 0 saturated heterocycles. The van der Waals surface area contributed by atoms with Crippen molar-refractivity contribution in [3.63, 3.8) is 0 Å². The highest BCUT2D eigenvalue weighted by atomic mass is 79.9. The number of aromatic carboxylic acids is 1. The van der Waals surface area contributed by atoms with Crippen LogP contribution in [-0.2, 0) is 0 Å². The maximum atomic E-state index is 11.2. The molecule has 0 bridgehead atoms. The average molecular weight is 310 g/mol. The second kappa shape index (κ2) is 5.33. The summed E-state index contributed by atoms with van der Waals surface area (Å²) in [6.07, 6.45) is 3.36. The van der Waals surface area contributed by atoms with Gasteiger partial charge in [0.25, 0.3) is 0 Å². The summed E-state index contributed by atoms with van der Waals surface area (Å²) in [7, 11) is 0. The Morgan fingerprint density at radius 1 is 1.24 bits per heavy atom. The summed E-state index contributed by atoms with van der Waals surface area (Å²) in [6, 6.07) is 9.02. The van der Waals surface area contributed by atoms with Crippen LogP contribution in [-0.4, -0.2) is 16.1 Å². The minimum Gasteiger partial charge on any atom is -0.478 e. The van der Waals surface area contributed by atoms with Gasteiger partial charge in [0.2, 0.25) is 0 Å². The Labute approximate surface area is 111 Å². The van der Waals surface area contributed by atoms with Crippen molar-refractivity contribution in [2.24, 2.45) is 0 Å². The molecule has 0 aliphatic carbocycles. The van der Waals surface area contributed by atoms with Gasteiger partial charge >= 0.3 is 5.97 Å². The molecule has 5 heteroatoms. The lowest BCUT2D eigenvalue weighted by Gasteiger charge is -2.07. The van der Waals surface area contributed by atoms with Crippen molar-refractivity contribution < 1.29 is 9.90 Å². The molecule has 1 aromatic carbocycles. The smallest absolute Gasteiger partial charge is 0.338 e. The van der Waals surface area contributed by atoms with Crippen molar-refractivity contribution in [2.45, 2.75) is 9.79 Å². The van der Waals surface area contributed by atoms with Gasteiger partial charge in [-0.1, -0.05) is 17.8 Å². The molecule has 0 saturated carbocycles. The van der Waals surface area contributed by atoms with Crippen molar-refractivity contribution in [1.29, 1.82) is 0 Å². The summed E-state index contributed by atoms with van der Waals surface area (Å²) in [5.74, 6) is -0.936. The Bertz CT molecular complexity index is 545. The van der Waals surface area contributed by atoms with E-state index in [2.05, 4.69) is 20.9 Å². The molecule has 0 atom stereocenters. The largest absolute Gasteiger partial charge is 0.478 e. The summed E-state index contributed by atoms with van der Waals surface area (Å²) in [4.78, 5) is 16.8. The average Bonchev–Trinajstić information content (AvgIpc) is 2.30.